The van der Waals surface area contributed by atoms with Gasteiger partial charge in [-0.3, -0.25) is 9.98 Å². The topological polar surface area (TPSA) is 85.7 Å². The molecule has 2 aliphatic heterocycles. The van der Waals surface area contributed by atoms with Crippen LogP contribution in [0.5, 0.6) is 23.0 Å². The Labute approximate surface area is 182 Å². The Hall–Kier alpha value is -3.42. The van der Waals surface area contributed by atoms with E-state index in [-0.39, 0.29) is 0 Å². The lowest BCUT2D eigenvalue weighted by Crippen LogP contribution is -2.19. The number of rotatable bonds is 10. The number of hydrogen-bond acceptors (Lipinski definition) is 8. The van der Waals surface area contributed by atoms with Gasteiger partial charge in [0.25, 0.3) is 0 Å². The molecule has 8 nitrogen and oxygen atoms in total. The lowest BCUT2D eigenvalue weighted by molar-refractivity contribution is 0.234. The summed E-state index contributed by atoms with van der Waals surface area (Å²) in [6.07, 6.45) is 0.707. The van der Waals surface area contributed by atoms with Crippen molar-refractivity contribution in [2.75, 3.05) is 53.6 Å². The van der Waals surface area contributed by atoms with Crippen LogP contribution in [0, 0.1) is 0 Å². The van der Waals surface area contributed by atoms with Gasteiger partial charge in [-0.1, -0.05) is 0 Å². The molecule has 2 aromatic carbocycles. The van der Waals surface area contributed by atoms with Crippen LogP contribution in [0.4, 0.5) is 0 Å². The van der Waals surface area contributed by atoms with Crippen LogP contribution in [0.15, 0.2) is 46.4 Å². The van der Waals surface area contributed by atoms with Gasteiger partial charge < -0.3 is 29.6 Å². The van der Waals surface area contributed by atoms with E-state index in [0.29, 0.717) is 42.6 Å². The van der Waals surface area contributed by atoms with Gasteiger partial charge in [0.05, 0.1) is 40.5 Å². The molecule has 0 bridgehead atoms. The van der Waals surface area contributed by atoms with E-state index in [1.807, 2.05) is 36.4 Å². The summed E-state index contributed by atoms with van der Waals surface area (Å²) in [5, 5.41) is 6.55. The fraction of sp³-hybridized carbons (Fsp3) is 0.391. The maximum atomic E-state index is 5.98. The van der Waals surface area contributed by atoms with Crippen molar-refractivity contribution in [3.05, 3.63) is 47.5 Å². The second-order valence-corrected chi connectivity index (χ2v) is 7.10. The summed E-state index contributed by atoms with van der Waals surface area (Å²) in [5.41, 5.74) is 1.99. The smallest absolute Gasteiger partial charge is 0.161 e. The Morgan fingerprint density at radius 1 is 0.710 bits per heavy atom. The van der Waals surface area contributed by atoms with Crippen LogP contribution in [0.2, 0.25) is 0 Å². The Bertz CT molecular complexity index is 897. The summed E-state index contributed by atoms with van der Waals surface area (Å²) in [6, 6.07) is 11.7. The Morgan fingerprint density at radius 2 is 1.19 bits per heavy atom. The largest absolute Gasteiger partial charge is 0.493 e. The SMILES string of the molecule is COc1ccc(C2=NCCN2)cc1OCCCOc1cc(C2=NCCN2)ccc1OC. The summed E-state index contributed by atoms with van der Waals surface area (Å²) in [4.78, 5) is 8.92. The highest BCUT2D eigenvalue weighted by atomic mass is 16.5. The summed E-state index contributed by atoms with van der Waals surface area (Å²) in [5.74, 6) is 4.57. The molecule has 0 spiro atoms. The van der Waals surface area contributed by atoms with Crippen LogP contribution in [0.3, 0.4) is 0 Å². The van der Waals surface area contributed by atoms with Gasteiger partial charge in [-0.2, -0.15) is 0 Å². The van der Waals surface area contributed by atoms with Crippen molar-refractivity contribution in [3.8, 4) is 23.0 Å². The highest BCUT2D eigenvalue weighted by Gasteiger charge is 2.14. The molecular weight excluding hydrogens is 396 g/mol. The second kappa shape index (κ2) is 10.1. The fourth-order valence-corrected chi connectivity index (χ4v) is 3.48. The zero-order valence-corrected chi connectivity index (χ0v) is 17.9. The third-order valence-corrected chi connectivity index (χ3v) is 5.03. The predicted octanol–water partition coefficient (Wildman–Crippen LogP) is 2.25. The van der Waals surface area contributed by atoms with Crippen molar-refractivity contribution in [2.45, 2.75) is 6.42 Å². The van der Waals surface area contributed by atoms with Gasteiger partial charge in [-0.05, 0) is 36.4 Å². The molecular formula is C23H28N4O4. The zero-order chi connectivity index (χ0) is 21.5. The zero-order valence-electron chi connectivity index (χ0n) is 17.9. The molecule has 4 rings (SSSR count). The normalized spacial score (nSPS) is 14.9. The minimum Gasteiger partial charge on any atom is -0.493 e. The number of methoxy groups -OCH3 is 2. The van der Waals surface area contributed by atoms with Crippen molar-refractivity contribution in [1.82, 2.24) is 10.6 Å². The average molecular weight is 425 g/mol. The van der Waals surface area contributed by atoms with E-state index < -0.39 is 0 Å². The molecule has 2 heterocycles. The first kappa shape index (κ1) is 20.8. The molecule has 0 saturated carbocycles. The van der Waals surface area contributed by atoms with Gasteiger partial charge in [0.2, 0.25) is 0 Å². The van der Waals surface area contributed by atoms with E-state index in [9.17, 15) is 0 Å². The molecule has 0 radical (unpaired) electrons. The van der Waals surface area contributed by atoms with E-state index in [0.717, 1.165) is 49.0 Å². The first-order valence-electron chi connectivity index (χ1n) is 10.5. The number of benzene rings is 2. The quantitative estimate of drug-likeness (QED) is 0.569. The molecule has 0 amide bonds. The number of ether oxygens (including phenoxy) is 4. The van der Waals surface area contributed by atoms with Crippen LogP contribution in [0.1, 0.15) is 17.5 Å². The van der Waals surface area contributed by atoms with Crippen LogP contribution in [-0.2, 0) is 0 Å². The fourth-order valence-electron chi connectivity index (χ4n) is 3.48. The van der Waals surface area contributed by atoms with Gasteiger partial charge in [-0.15, -0.1) is 0 Å². The summed E-state index contributed by atoms with van der Waals surface area (Å²) in [6.45, 7) is 4.31. The van der Waals surface area contributed by atoms with E-state index in [2.05, 4.69) is 20.6 Å². The van der Waals surface area contributed by atoms with Crippen molar-refractivity contribution >= 4 is 11.7 Å². The lowest BCUT2D eigenvalue weighted by atomic mass is 10.2. The van der Waals surface area contributed by atoms with E-state index in [1.165, 1.54) is 0 Å². The molecule has 0 unspecified atom stereocenters. The molecule has 0 atom stereocenters. The number of amidine groups is 2. The third-order valence-electron chi connectivity index (χ3n) is 5.03. The molecule has 0 fully saturated rings. The molecule has 31 heavy (non-hydrogen) atoms. The van der Waals surface area contributed by atoms with Crippen molar-refractivity contribution < 1.29 is 18.9 Å². The minimum absolute atomic E-state index is 0.496. The Balaban J connectivity index is 1.33. The first-order valence-corrected chi connectivity index (χ1v) is 10.5. The molecule has 0 aliphatic carbocycles. The van der Waals surface area contributed by atoms with E-state index in [1.54, 1.807) is 14.2 Å². The number of hydrogen-bond donors (Lipinski definition) is 2. The van der Waals surface area contributed by atoms with Gasteiger partial charge >= 0.3 is 0 Å². The summed E-state index contributed by atoms with van der Waals surface area (Å²) >= 11 is 0. The minimum atomic E-state index is 0.496. The first-order chi connectivity index (χ1) is 15.3. The molecule has 8 heteroatoms. The maximum Gasteiger partial charge on any atom is 0.161 e. The highest BCUT2D eigenvalue weighted by molar-refractivity contribution is 6.00. The summed E-state index contributed by atoms with van der Waals surface area (Å²) in [7, 11) is 3.28. The number of aliphatic imine (C=N–C) groups is 2. The molecule has 164 valence electrons. The van der Waals surface area contributed by atoms with Gasteiger partial charge in [0.1, 0.15) is 11.7 Å². The van der Waals surface area contributed by atoms with E-state index >= 15 is 0 Å². The molecule has 2 N–H and O–H groups in total. The van der Waals surface area contributed by atoms with Gasteiger partial charge in [-0.25, -0.2) is 0 Å². The lowest BCUT2D eigenvalue weighted by Gasteiger charge is -2.14. The molecule has 0 saturated heterocycles. The van der Waals surface area contributed by atoms with Crippen molar-refractivity contribution in [1.29, 1.82) is 0 Å². The summed E-state index contributed by atoms with van der Waals surface area (Å²) < 4.78 is 22.8. The maximum absolute atomic E-state index is 5.98. The highest BCUT2D eigenvalue weighted by Crippen LogP contribution is 2.30. The Kier molecular flexibility index (Phi) is 6.76. The number of nitrogens with one attached hydrogen (secondary N) is 2. The molecule has 2 aromatic rings. The van der Waals surface area contributed by atoms with Crippen LogP contribution >= 0.6 is 0 Å². The standard InChI is InChI=1S/C23H28N4O4/c1-28-18-6-4-16(22-24-8-9-25-22)14-20(18)30-12-3-13-31-21-15-17(5-7-19(21)29-2)23-26-10-11-27-23/h4-7,14-15H,3,8-13H2,1-2H3,(H,24,25)(H,26,27). The van der Waals surface area contributed by atoms with Crippen LogP contribution < -0.4 is 29.6 Å². The third kappa shape index (κ3) is 5.02. The second-order valence-electron chi connectivity index (χ2n) is 7.10. The van der Waals surface area contributed by atoms with Crippen LogP contribution in [0.25, 0.3) is 0 Å². The van der Waals surface area contributed by atoms with Gasteiger partial charge in [0.15, 0.2) is 23.0 Å². The average Bonchev–Trinajstić information content (AvgIpc) is 3.53. The number of nitrogens with zero attached hydrogens (tertiary/aromatic N) is 2. The van der Waals surface area contributed by atoms with Crippen molar-refractivity contribution in [2.24, 2.45) is 9.98 Å². The predicted molar refractivity (Wildman–Crippen MR) is 120 cm³/mol. The van der Waals surface area contributed by atoms with E-state index in [4.69, 9.17) is 18.9 Å². The monoisotopic (exact) mass is 424 g/mol. The molecule has 2 aliphatic rings. The van der Waals surface area contributed by atoms with Gasteiger partial charge in [0, 0.05) is 30.6 Å². The van der Waals surface area contributed by atoms with Crippen molar-refractivity contribution in [3.63, 3.8) is 0 Å². The van der Waals surface area contributed by atoms with Crippen LogP contribution in [-0.4, -0.2) is 65.3 Å². The Morgan fingerprint density at radius 3 is 1.58 bits per heavy atom. The molecule has 0 aromatic heterocycles.